The number of hydrogen-bond donors (Lipinski definition) is 0. The number of carboxylic acid groups (broad SMARTS) is 1. The summed E-state index contributed by atoms with van der Waals surface area (Å²) >= 11 is 0. The summed E-state index contributed by atoms with van der Waals surface area (Å²) in [5.74, 6) is -0.582. The first kappa shape index (κ1) is 32.0. The lowest BCUT2D eigenvalue weighted by molar-refractivity contribution is -0.792. The van der Waals surface area contributed by atoms with E-state index in [1.165, 1.54) is 77.0 Å². The summed E-state index contributed by atoms with van der Waals surface area (Å²) in [4.78, 5) is 21.5. The Labute approximate surface area is 194 Å². The van der Waals surface area contributed by atoms with E-state index in [0.29, 0.717) is 10.4 Å². The number of amides is 1. The first-order valence-electron chi connectivity index (χ1n) is 12.9. The molecule has 4 nitrogen and oxygen atoms in total. The van der Waals surface area contributed by atoms with Crippen LogP contribution in [0.2, 0.25) is 0 Å². The standard InChI is InChI=1S/C21H42NO.C6H12O2/c1-5-6-7-8-9-10-11-12-13-14-15-16-17-18-19-20-21(23)22(2,3)4;1-2-3-4-5-6(7)8/h12-13H,5-11,14-20H2,1-4H3;2-5H2,1H3,(H,7,8)/q+1;/p-1. The van der Waals surface area contributed by atoms with Crippen molar-refractivity contribution in [3.63, 3.8) is 0 Å². The third-order valence-electron chi connectivity index (χ3n) is 5.39. The molecule has 0 aromatic carbocycles. The molecule has 4 heteroatoms. The fourth-order valence-electron chi connectivity index (χ4n) is 3.20. The first-order valence-corrected chi connectivity index (χ1v) is 12.9. The summed E-state index contributed by atoms with van der Waals surface area (Å²) in [6, 6.07) is 0. The largest absolute Gasteiger partial charge is 0.550 e. The van der Waals surface area contributed by atoms with Crippen molar-refractivity contribution < 1.29 is 19.2 Å². The highest BCUT2D eigenvalue weighted by Gasteiger charge is 2.18. The number of quaternary nitrogens is 1. The average Bonchev–Trinajstić information content (AvgIpc) is 2.70. The number of unbranched alkanes of at least 4 members (excludes halogenated alkanes) is 13. The van der Waals surface area contributed by atoms with E-state index in [2.05, 4.69) is 19.1 Å². The number of rotatable bonds is 19. The van der Waals surface area contributed by atoms with E-state index in [-0.39, 0.29) is 6.42 Å². The van der Waals surface area contributed by atoms with Crippen molar-refractivity contribution in [1.82, 2.24) is 0 Å². The lowest BCUT2D eigenvalue weighted by Crippen LogP contribution is -2.40. The maximum atomic E-state index is 11.8. The first-order chi connectivity index (χ1) is 14.8. The van der Waals surface area contributed by atoms with Gasteiger partial charge in [0, 0.05) is 5.97 Å². The van der Waals surface area contributed by atoms with Crippen molar-refractivity contribution in [3.8, 4) is 0 Å². The molecule has 0 spiro atoms. The van der Waals surface area contributed by atoms with E-state index in [1.807, 2.05) is 28.1 Å². The summed E-state index contributed by atoms with van der Waals surface area (Å²) in [6.07, 6.45) is 25.5. The fourth-order valence-corrected chi connectivity index (χ4v) is 3.20. The predicted octanol–water partition coefficient (Wildman–Crippen LogP) is 6.57. The highest BCUT2D eigenvalue weighted by molar-refractivity contribution is 5.68. The van der Waals surface area contributed by atoms with E-state index in [1.54, 1.807) is 0 Å². The minimum Gasteiger partial charge on any atom is -0.550 e. The maximum absolute atomic E-state index is 11.8. The second-order valence-corrected chi connectivity index (χ2v) is 9.57. The summed E-state index contributed by atoms with van der Waals surface area (Å²) in [7, 11) is 5.87. The highest BCUT2D eigenvalue weighted by atomic mass is 16.4. The van der Waals surface area contributed by atoms with Crippen LogP contribution in [0.3, 0.4) is 0 Å². The Balaban J connectivity index is 0. The molecule has 0 aliphatic carbocycles. The second-order valence-electron chi connectivity index (χ2n) is 9.57. The third kappa shape index (κ3) is 28.8. The van der Waals surface area contributed by atoms with E-state index >= 15 is 0 Å². The van der Waals surface area contributed by atoms with Crippen molar-refractivity contribution >= 4 is 11.9 Å². The molecule has 31 heavy (non-hydrogen) atoms. The van der Waals surface area contributed by atoms with Gasteiger partial charge in [-0.2, -0.15) is 0 Å². The van der Waals surface area contributed by atoms with Crippen LogP contribution >= 0.6 is 0 Å². The van der Waals surface area contributed by atoms with Gasteiger partial charge in [0.05, 0.1) is 27.6 Å². The van der Waals surface area contributed by atoms with Crippen LogP contribution in [-0.2, 0) is 9.59 Å². The summed E-state index contributed by atoms with van der Waals surface area (Å²) in [5.41, 5.74) is 0. The predicted molar refractivity (Wildman–Crippen MR) is 132 cm³/mol. The van der Waals surface area contributed by atoms with Gasteiger partial charge in [0.1, 0.15) is 0 Å². The molecule has 0 bridgehead atoms. The maximum Gasteiger partial charge on any atom is 0.313 e. The van der Waals surface area contributed by atoms with Gasteiger partial charge in [-0.15, -0.1) is 0 Å². The van der Waals surface area contributed by atoms with E-state index in [4.69, 9.17) is 0 Å². The summed E-state index contributed by atoms with van der Waals surface area (Å²) in [5, 5.41) is 9.76. The van der Waals surface area contributed by atoms with Crippen molar-refractivity contribution in [2.75, 3.05) is 21.1 Å². The second kappa shape index (κ2) is 23.5. The van der Waals surface area contributed by atoms with Gasteiger partial charge in [0.2, 0.25) is 0 Å². The molecule has 0 rings (SSSR count). The number of nitrogens with zero attached hydrogens (tertiary/aromatic N) is 1. The SMILES string of the molecule is CCCCCC(=O)[O-].CCCCCCCCC=CCCCCCCCC(=O)[N+](C)(C)C. The molecule has 0 radical (unpaired) electrons. The number of carbonyl (C=O) groups excluding carboxylic acids is 2. The van der Waals surface area contributed by atoms with Crippen LogP contribution < -0.4 is 5.11 Å². The Morgan fingerprint density at radius 3 is 1.45 bits per heavy atom. The number of carboxylic acids is 1. The molecule has 0 saturated heterocycles. The highest BCUT2D eigenvalue weighted by Crippen LogP contribution is 2.11. The molecule has 0 aromatic rings. The minimum atomic E-state index is -0.932. The molecule has 0 aliphatic rings. The fraction of sp³-hybridized carbons (Fsp3) is 0.852. The molecule has 0 unspecified atom stereocenters. The van der Waals surface area contributed by atoms with Gasteiger partial charge in [0.25, 0.3) is 0 Å². The Morgan fingerprint density at radius 2 is 1.00 bits per heavy atom. The smallest absolute Gasteiger partial charge is 0.313 e. The minimum absolute atomic E-state index is 0.216. The zero-order chi connectivity index (χ0) is 23.8. The van der Waals surface area contributed by atoms with Gasteiger partial charge in [-0.1, -0.05) is 90.2 Å². The van der Waals surface area contributed by atoms with Gasteiger partial charge in [-0.3, -0.25) is 4.48 Å². The van der Waals surface area contributed by atoms with Gasteiger partial charge < -0.3 is 9.90 Å². The van der Waals surface area contributed by atoms with Gasteiger partial charge in [-0.05, 0) is 44.9 Å². The van der Waals surface area contributed by atoms with Gasteiger partial charge >= 0.3 is 5.91 Å². The lowest BCUT2D eigenvalue weighted by atomic mass is 10.1. The number of allylic oxidation sites excluding steroid dienone is 2. The molecule has 184 valence electrons. The van der Waals surface area contributed by atoms with E-state index < -0.39 is 5.97 Å². The molecular weight excluding hydrogens is 386 g/mol. The molecule has 1 amide bonds. The zero-order valence-corrected chi connectivity index (χ0v) is 21.6. The molecule has 0 N–H and O–H groups in total. The van der Waals surface area contributed by atoms with Crippen LogP contribution in [0.5, 0.6) is 0 Å². The van der Waals surface area contributed by atoms with Gasteiger partial charge in [0.15, 0.2) is 0 Å². The normalized spacial score (nSPS) is 11.4. The van der Waals surface area contributed by atoms with E-state index in [9.17, 15) is 14.7 Å². The van der Waals surface area contributed by atoms with Crippen molar-refractivity contribution in [1.29, 1.82) is 0 Å². The lowest BCUT2D eigenvalue weighted by Gasteiger charge is -2.20. The van der Waals surface area contributed by atoms with Crippen LogP contribution in [0, 0.1) is 0 Å². The van der Waals surface area contributed by atoms with Crippen molar-refractivity contribution in [2.45, 2.75) is 129 Å². The van der Waals surface area contributed by atoms with E-state index in [0.717, 1.165) is 32.1 Å². The topological polar surface area (TPSA) is 57.2 Å². The molecule has 0 heterocycles. The molecule has 0 fully saturated rings. The van der Waals surface area contributed by atoms with Crippen LogP contribution in [-0.4, -0.2) is 37.5 Å². The number of hydrogen-bond acceptors (Lipinski definition) is 3. The quantitative estimate of drug-likeness (QED) is 0.130. The zero-order valence-electron chi connectivity index (χ0n) is 21.6. The molecule has 0 aromatic heterocycles. The average molecular weight is 440 g/mol. The van der Waals surface area contributed by atoms with Crippen LogP contribution in [0.25, 0.3) is 0 Å². The summed E-state index contributed by atoms with van der Waals surface area (Å²) < 4.78 is 0.462. The Kier molecular flexibility index (Phi) is 24.3. The van der Waals surface area contributed by atoms with Gasteiger partial charge in [-0.25, -0.2) is 4.79 Å². The molecular formula is C27H53NO3. The Hall–Kier alpha value is -1.16. The summed E-state index contributed by atoms with van der Waals surface area (Å²) in [6.45, 7) is 4.31. The van der Waals surface area contributed by atoms with Crippen LogP contribution in [0.1, 0.15) is 129 Å². The van der Waals surface area contributed by atoms with Crippen molar-refractivity contribution in [2.24, 2.45) is 0 Å². The Bertz CT molecular complexity index is 438. The molecule has 0 atom stereocenters. The number of carbonyl (C=O) groups is 2. The number of aliphatic carboxylic acids is 1. The van der Waals surface area contributed by atoms with Crippen LogP contribution in [0.4, 0.5) is 0 Å². The molecule has 0 aliphatic heterocycles. The molecule has 0 saturated carbocycles. The monoisotopic (exact) mass is 439 g/mol. The van der Waals surface area contributed by atoms with Crippen LogP contribution in [0.15, 0.2) is 12.2 Å². The van der Waals surface area contributed by atoms with Crippen molar-refractivity contribution in [3.05, 3.63) is 12.2 Å². The Morgan fingerprint density at radius 1 is 0.613 bits per heavy atom. The third-order valence-corrected chi connectivity index (χ3v) is 5.39.